The summed E-state index contributed by atoms with van der Waals surface area (Å²) >= 11 is 5.69. The van der Waals surface area contributed by atoms with Crippen LogP contribution in [0.25, 0.3) is 0 Å². The first kappa shape index (κ1) is 10.5. The van der Waals surface area contributed by atoms with Crippen molar-refractivity contribution in [3.63, 3.8) is 0 Å². The Labute approximate surface area is 82.8 Å². The van der Waals surface area contributed by atoms with E-state index in [-0.39, 0.29) is 0 Å². The Bertz CT molecular complexity index is 256. The summed E-state index contributed by atoms with van der Waals surface area (Å²) in [5, 5.41) is 19.3. The third-order valence-electron chi connectivity index (χ3n) is 1.82. The molecule has 2 unspecified atom stereocenters. The van der Waals surface area contributed by atoms with E-state index in [2.05, 4.69) is 0 Å². The molecular formula is C10H13ClO2. The first-order valence-corrected chi connectivity index (χ1v) is 4.59. The van der Waals surface area contributed by atoms with E-state index in [0.717, 1.165) is 5.56 Å². The maximum atomic E-state index is 9.58. The number of benzene rings is 1. The molecule has 0 bridgehead atoms. The van der Waals surface area contributed by atoms with Crippen LogP contribution >= 0.6 is 11.6 Å². The Morgan fingerprint density at radius 1 is 1.23 bits per heavy atom. The van der Waals surface area contributed by atoms with Crippen LogP contribution in [0.1, 0.15) is 25.0 Å². The second kappa shape index (κ2) is 4.61. The smallest absolute Gasteiger partial charge is 0.0814 e. The van der Waals surface area contributed by atoms with Crippen LogP contribution in [-0.4, -0.2) is 16.3 Å². The van der Waals surface area contributed by atoms with Crippen molar-refractivity contribution < 1.29 is 10.2 Å². The second-order valence-electron chi connectivity index (χ2n) is 3.15. The van der Waals surface area contributed by atoms with Crippen molar-refractivity contribution in [2.75, 3.05) is 0 Å². The van der Waals surface area contributed by atoms with Crippen molar-refractivity contribution in [3.8, 4) is 0 Å². The molecule has 0 fully saturated rings. The van der Waals surface area contributed by atoms with Crippen molar-refractivity contribution in [1.82, 2.24) is 0 Å². The molecule has 0 aliphatic carbocycles. The van der Waals surface area contributed by atoms with E-state index in [1.54, 1.807) is 31.2 Å². The first-order valence-electron chi connectivity index (χ1n) is 4.21. The minimum atomic E-state index is -0.614. The Balaban J connectivity index is 2.66. The molecule has 0 radical (unpaired) electrons. The molecule has 0 heterocycles. The summed E-state index contributed by atoms with van der Waals surface area (Å²) in [7, 11) is 0. The first-order chi connectivity index (χ1) is 6.09. The van der Waals surface area contributed by atoms with Crippen LogP contribution in [0, 0.1) is 0 Å². The number of halogens is 1. The SMILES string of the molecule is CC(O)CC(O)c1ccc(Cl)cc1. The highest BCUT2D eigenvalue weighted by Crippen LogP contribution is 2.20. The molecule has 1 aromatic carbocycles. The Morgan fingerprint density at radius 2 is 1.77 bits per heavy atom. The standard InChI is InChI=1S/C10H13ClO2/c1-7(12)6-10(13)8-2-4-9(11)5-3-8/h2-5,7,10,12-13H,6H2,1H3. The van der Waals surface area contributed by atoms with Crippen LogP contribution in [0.3, 0.4) is 0 Å². The summed E-state index contributed by atoms with van der Waals surface area (Å²) in [5.74, 6) is 0. The fourth-order valence-corrected chi connectivity index (χ4v) is 1.27. The molecule has 2 N–H and O–H groups in total. The van der Waals surface area contributed by atoms with Gasteiger partial charge >= 0.3 is 0 Å². The molecule has 13 heavy (non-hydrogen) atoms. The summed E-state index contributed by atoms with van der Waals surface area (Å²) in [4.78, 5) is 0. The molecule has 2 nitrogen and oxygen atoms in total. The predicted octanol–water partition coefficient (Wildman–Crippen LogP) is 2.14. The zero-order chi connectivity index (χ0) is 9.84. The fourth-order valence-electron chi connectivity index (χ4n) is 1.14. The lowest BCUT2D eigenvalue weighted by atomic mass is 10.0. The van der Waals surface area contributed by atoms with Crippen LogP contribution in [0.2, 0.25) is 5.02 Å². The van der Waals surface area contributed by atoms with Crippen LogP contribution in [0.15, 0.2) is 24.3 Å². The van der Waals surface area contributed by atoms with Gasteiger partial charge in [0.25, 0.3) is 0 Å². The van der Waals surface area contributed by atoms with E-state index < -0.39 is 12.2 Å². The van der Waals surface area contributed by atoms with Crippen LogP contribution in [0.5, 0.6) is 0 Å². The maximum Gasteiger partial charge on any atom is 0.0814 e. The molecule has 0 aromatic heterocycles. The lowest BCUT2D eigenvalue weighted by Crippen LogP contribution is -2.07. The van der Waals surface area contributed by atoms with Crippen LogP contribution in [-0.2, 0) is 0 Å². The summed E-state index contributed by atoms with van der Waals surface area (Å²) < 4.78 is 0. The van der Waals surface area contributed by atoms with E-state index in [0.29, 0.717) is 11.4 Å². The van der Waals surface area contributed by atoms with E-state index in [1.807, 2.05) is 0 Å². The van der Waals surface area contributed by atoms with E-state index in [1.165, 1.54) is 0 Å². The molecule has 72 valence electrons. The fraction of sp³-hybridized carbons (Fsp3) is 0.400. The minimum Gasteiger partial charge on any atom is -0.393 e. The average Bonchev–Trinajstić information content (AvgIpc) is 2.04. The summed E-state index contributed by atoms with van der Waals surface area (Å²) in [6.07, 6.45) is -0.760. The van der Waals surface area contributed by atoms with Gasteiger partial charge in [-0.1, -0.05) is 23.7 Å². The maximum absolute atomic E-state index is 9.58. The van der Waals surface area contributed by atoms with Gasteiger partial charge in [0.1, 0.15) is 0 Å². The third-order valence-corrected chi connectivity index (χ3v) is 2.07. The normalized spacial score (nSPS) is 15.4. The van der Waals surface area contributed by atoms with Gasteiger partial charge < -0.3 is 10.2 Å². The van der Waals surface area contributed by atoms with Gasteiger partial charge in [-0.05, 0) is 24.6 Å². The average molecular weight is 201 g/mol. The predicted molar refractivity (Wildman–Crippen MR) is 52.7 cm³/mol. The van der Waals surface area contributed by atoms with Crippen molar-refractivity contribution in [3.05, 3.63) is 34.9 Å². The number of aliphatic hydroxyl groups excluding tert-OH is 2. The van der Waals surface area contributed by atoms with Crippen LogP contribution < -0.4 is 0 Å². The van der Waals surface area contributed by atoms with E-state index in [9.17, 15) is 5.11 Å². The zero-order valence-corrected chi connectivity index (χ0v) is 8.20. The van der Waals surface area contributed by atoms with Crippen molar-refractivity contribution in [2.45, 2.75) is 25.6 Å². The molecule has 0 saturated heterocycles. The minimum absolute atomic E-state index is 0.349. The molecular weight excluding hydrogens is 188 g/mol. The highest BCUT2D eigenvalue weighted by Gasteiger charge is 2.09. The monoisotopic (exact) mass is 200 g/mol. The van der Waals surface area contributed by atoms with Gasteiger partial charge in [0.05, 0.1) is 12.2 Å². The molecule has 1 rings (SSSR count). The van der Waals surface area contributed by atoms with Gasteiger partial charge in [0, 0.05) is 11.4 Å². The summed E-state index contributed by atoms with van der Waals surface area (Å²) in [5.41, 5.74) is 0.783. The molecule has 3 heteroatoms. The Morgan fingerprint density at radius 3 is 2.23 bits per heavy atom. The zero-order valence-electron chi connectivity index (χ0n) is 7.44. The summed E-state index contributed by atoms with van der Waals surface area (Å²) in [6, 6.07) is 6.97. The van der Waals surface area contributed by atoms with E-state index in [4.69, 9.17) is 16.7 Å². The molecule has 0 spiro atoms. The quantitative estimate of drug-likeness (QED) is 0.785. The molecule has 0 saturated carbocycles. The van der Waals surface area contributed by atoms with Gasteiger partial charge in [-0.15, -0.1) is 0 Å². The van der Waals surface area contributed by atoms with Crippen LogP contribution in [0.4, 0.5) is 0 Å². The van der Waals surface area contributed by atoms with Gasteiger partial charge in [-0.25, -0.2) is 0 Å². The van der Waals surface area contributed by atoms with E-state index >= 15 is 0 Å². The van der Waals surface area contributed by atoms with Gasteiger partial charge in [0.2, 0.25) is 0 Å². The van der Waals surface area contributed by atoms with Crippen molar-refractivity contribution in [2.24, 2.45) is 0 Å². The number of aliphatic hydroxyl groups is 2. The van der Waals surface area contributed by atoms with Gasteiger partial charge in [-0.2, -0.15) is 0 Å². The lowest BCUT2D eigenvalue weighted by molar-refractivity contribution is 0.0907. The third kappa shape index (κ3) is 3.35. The second-order valence-corrected chi connectivity index (χ2v) is 3.59. The van der Waals surface area contributed by atoms with Crippen molar-refractivity contribution in [1.29, 1.82) is 0 Å². The number of hydrogen-bond donors (Lipinski definition) is 2. The highest BCUT2D eigenvalue weighted by molar-refractivity contribution is 6.30. The lowest BCUT2D eigenvalue weighted by Gasteiger charge is -2.12. The van der Waals surface area contributed by atoms with Gasteiger partial charge in [-0.3, -0.25) is 0 Å². The largest absolute Gasteiger partial charge is 0.393 e. The number of rotatable bonds is 3. The Kier molecular flexibility index (Phi) is 3.72. The molecule has 0 amide bonds. The molecule has 0 aliphatic heterocycles. The Hall–Kier alpha value is -0.570. The molecule has 2 atom stereocenters. The molecule has 0 aliphatic rings. The number of hydrogen-bond acceptors (Lipinski definition) is 2. The van der Waals surface area contributed by atoms with Crippen molar-refractivity contribution >= 4 is 11.6 Å². The highest BCUT2D eigenvalue weighted by atomic mass is 35.5. The van der Waals surface area contributed by atoms with Gasteiger partial charge in [0.15, 0.2) is 0 Å². The topological polar surface area (TPSA) is 40.5 Å². The molecule has 1 aromatic rings. The summed E-state index contributed by atoms with van der Waals surface area (Å²) in [6.45, 7) is 1.65.